The van der Waals surface area contributed by atoms with E-state index >= 15 is 0 Å². The zero-order chi connectivity index (χ0) is 16.9. The summed E-state index contributed by atoms with van der Waals surface area (Å²) in [5.41, 5.74) is 4.80. The van der Waals surface area contributed by atoms with Crippen LogP contribution in [0.3, 0.4) is 0 Å². The van der Waals surface area contributed by atoms with E-state index in [0.29, 0.717) is 10.7 Å². The monoisotopic (exact) mass is 352 g/mol. The van der Waals surface area contributed by atoms with Crippen molar-refractivity contribution in [2.45, 2.75) is 4.90 Å². The number of carbonyl (C=O) groups is 1. The summed E-state index contributed by atoms with van der Waals surface area (Å²) in [6.45, 7) is 0. The predicted molar refractivity (Wildman–Crippen MR) is 88.5 cm³/mol. The second-order valence-electron chi connectivity index (χ2n) is 4.33. The molecular weight excluding hydrogens is 340 g/mol. The molecule has 0 spiro atoms. The number of para-hydroxylation sites is 1. The van der Waals surface area contributed by atoms with Gasteiger partial charge in [0, 0.05) is 5.02 Å². The molecule has 0 atom stereocenters. The predicted octanol–water partition coefficient (Wildman–Crippen LogP) is 1.53. The van der Waals surface area contributed by atoms with Crippen molar-refractivity contribution in [3.63, 3.8) is 0 Å². The van der Waals surface area contributed by atoms with Gasteiger partial charge in [-0.05, 0) is 36.4 Å². The zero-order valence-electron chi connectivity index (χ0n) is 11.7. The normalized spacial score (nSPS) is 11.8. The lowest BCUT2D eigenvalue weighted by Gasteiger charge is -2.08. The van der Waals surface area contributed by atoms with Crippen molar-refractivity contribution in [3.8, 4) is 0 Å². The number of nitrogens with two attached hydrogens (primary N) is 1. The minimum absolute atomic E-state index is 0.126. The largest absolute Gasteiger partial charge is 0.297 e. The molecule has 2 rings (SSSR count). The Hall–Kier alpha value is -2.42. The molecule has 0 radical (unpaired) electrons. The number of nitrogens with zero attached hydrogens (tertiary/aromatic N) is 1. The van der Waals surface area contributed by atoms with Gasteiger partial charge >= 0.3 is 0 Å². The molecule has 2 aromatic rings. The summed E-state index contributed by atoms with van der Waals surface area (Å²) < 4.78 is 25.1. The Labute approximate surface area is 138 Å². The van der Waals surface area contributed by atoms with Crippen LogP contribution in [0, 0.1) is 0 Å². The number of hydrazone groups is 1. The lowest BCUT2D eigenvalue weighted by Crippen LogP contribution is -2.40. The second kappa shape index (κ2) is 7.23. The summed E-state index contributed by atoms with van der Waals surface area (Å²) in [7, 11) is -4.16. The summed E-state index contributed by atoms with van der Waals surface area (Å²) >= 11 is 5.74. The van der Waals surface area contributed by atoms with Crippen molar-refractivity contribution >= 4 is 38.1 Å². The summed E-state index contributed by atoms with van der Waals surface area (Å²) in [5.74, 6) is 4.01. The molecule has 7 nitrogen and oxygen atoms in total. The number of carbonyl (C=O) groups excluding carboxylic acids is 1. The quantitative estimate of drug-likeness (QED) is 0.255. The van der Waals surface area contributed by atoms with E-state index in [-0.39, 0.29) is 4.90 Å². The van der Waals surface area contributed by atoms with E-state index in [1.807, 2.05) is 0 Å². The Morgan fingerprint density at radius 3 is 2.22 bits per heavy atom. The molecule has 0 unspecified atom stereocenters. The Kier molecular flexibility index (Phi) is 5.32. The molecule has 0 bridgehead atoms. The summed E-state index contributed by atoms with van der Waals surface area (Å²) in [6.07, 6.45) is 0. The summed E-state index contributed by atoms with van der Waals surface area (Å²) in [6, 6.07) is 13.9. The lowest BCUT2D eigenvalue weighted by molar-refractivity contribution is -0.114. The smallest absolute Gasteiger partial charge is 0.288 e. The van der Waals surface area contributed by atoms with E-state index in [0.717, 1.165) is 0 Å². The first-order valence-electron chi connectivity index (χ1n) is 6.35. The second-order valence-corrected chi connectivity index (χ2v) is 6.63. The van der Waals surface area contributed by atoms with Crippen LogP contribution in [0.2, 0.25) is 5.02 Å². The molecule has 0 aliphatic rings. The third kappa shape index (κ3) is 4.07. The van der Waals surface area contributed by atoms with Gasteiger partial charge in [-0.3, -0.25) is 15.6 Å². The summed E-state index contributed by atoms with van der Waals surface area (Å²) in [4.78, 5) is 11.7. The maximum atomic E-state index is 12.5. The zero-order valence-corrected chi connectivity index (χ0v) is 13.3. The van der Waals surface area contributed by atoms with Crippen LogP contribution in [0.25, 0.3) is 0 Å². The van der Waals surface area contributed by atoms with Gasteiger partial charge in [-0.15, -0.1) is 0 Å². The van der Waals surface area contributed by atoms with Gasteiger partial charge in [-0.25, -0.2) is 14.3 Å². The van der Waals surface area contributed by atoms with Crippen molar-refractivity contribution in [3.05, 3.63) is 59.6 Å². The van der Waals surface area contributed by atoms with Gasteiger partial charge in [0.15, 0.2) is 0 Å². The number of hydrogen-bond donors (Lipinski definition) is 3. The molecule has 4 N–H and O–H groups in total. The van der Waals surface area contributed by atoms with Crippen molar-refractivity contribution in [2.75, 3.05) is 5.43 Å². The van der Waals surface area contributed by atoms with Crippen LogP contribution < -0.4 is 16.7 Å². The highest BCUT2D eigenvalue weighted by Gasteiger charge is 2.29. The minimum Gasteiger partial charge on any atom is -0.288 e. The van der Waals surface area contributed by atoms with Crippen molar-refractivity contribution in [1.82, 2.24) is 5.43 Å². The average Bonchev–Trinajstić information content (AvgIpc) is 2.56. The van der Waals surface area contributed by atoms with E-state index in [2.05, 4.69) is 10.5 Å². The SMILES string of the molecule is NNC(=O)/C(=N/Nc1ccccc1)S(=O)(=O)c1ccc(Cl)cc1. The Morgan fingerprint density at radius 2 is 1.65 bits per heavy atom. The molecule has 9 heteroatoms. The Bertz CT molecular complexity index is 821. The third-order valence-electron chi connectivity index (χ3n) is 2.76. The number of anilines is 1. The number of benzene rings is 2. The molecule has 1 amide bonds. The van der Waals surface area contributed by atoms with Crippen LogP contribution in [0.15, 0.2) is 64.6 Å². The number of amides is 1. The van der Waals surface area contributed by atoms with Crippen molar-refractivity contribution < 1.29 is 13.2 Å². The van der Waals surface area contributed by atoms with Crippen LogP contribution >= 0.6 is 11.6 Å². The number of sulfone groups is 1. The highest BCUT2D eigenvalue weighted by molar-refractivity contribution is 8.08. The third-order valence-corrected chi connectivity index (χ3v) is 4.69. The minimum atomic E-state index is -4.16. The van der Waals surface area contributed by atoms with Crippen LogP contribution in [0.1, 0.15) is 0 Å². The number of nitrogens with one attached hydrogen (secondary N) is 2. The topological polar surface area (TPSA) is 114 Å². The van der Waals surface area contributed by atoms with Gasteiger partial charge in [0.25, 0.3) is 5.91 Å². The van der Waals surface area contributed by atoms with E-state index in [1.165, 1.54) is 24.3 Å². The van der Waals surface area contributed by atoms with Gasteiger partial charge in [0.05, 0.1) is 10.6 Å². The fourth-order valence-electron chi connectivity index (χ4n) is 1.65. The molecule has 0 saturated carbocycles. The molecule has 120 valence electrons. The standard InChI is InChI=1S/C14H13ClN4O3S/c15-10-6-8-12(9-7-10)23(21,22)14(13(20)17-16)19-18-11-4-2-1-3-5-11/h1-9,18H,16H2,(H,17,20)/b19-14-. The highest BCUT2D eigenvalue weighted by Crippen LogP contribution is 2.17. The first-order chi connectivity index (χ1) is 10.9. The van der Waals surface area contributed by atoms with E-state index in [1.54, 1.807) is 35.8 Å². The molecule has 0 aromatic heterocycles. The fourth-order valence-corrected chi connectivity index (χ4v) is 2.96. The van der Waals surface area contributed by atoms with Gasteiger partial charge in [-0.1, -0.05) is 29.8 Å². The van der Waals surface area contributed by atoms with Crippen LogP contribution in [-0.4, -0.2) is 19.4 Å². The highest BCUT2D eigenvalue weighted by atomic mass is 35.5. The molecule has 0 aliphatic carbocycles. The molecule has 0 saturated heterocycles. The molecular formula is C14H13ClN4O3S. The molecule has 0 aliphatic heterocycles. The van der Waals surface area contributed by atoms with E-state index in [4.69, 9.17) is 17.4 Å². The van der Waals surface area contributed by atoms with Crippen molar-refractivity contribution in [2.24, 2.45) is 10.9 Å². The maximum Gasteiger partial charge on any atom is 0.297 e. The van der Waals surface area contributed by atoms with Gasteiger partial charge in [0.1, 0.15) is 0 Å². The Morgan fingerprint density at radius 1 is 1.04 bits per heavy atom. The number of rotatable bonds is 3. The van der Waals surface area contributed by atoms with Gasteiger partial charge in [0.2, 0.25) is 14.9 Å². The first-order valence-corrected chi connectivity index (χ1v) is 8.21. The molecule has 23 heavy (non-hydrogen) atoms. The first kappa shape index (κ1) is 16.9. The van der Waals surface area contributed by atoms with E-state index < -0.39 is 20.8 Å². The molecule has 0 fully saturated rings. The number of halogens is 1. The van der Waals surface area contributed by atoms with Gasteiger partial charge < -0.3 is 0 Å². The molecule has 0 heterocycles. The van der Waals surface area contributed by atoms with Crippen LogP contribution in [0.5, 0.6) is 0 Å². The number of hydrazine groups is 1. The van der Waals surface area contributed by atoms with Gasteiger partial charge in [-0.2, -0.15) is 5.10 Å². The average molecular weight is 353 g/mol. The summed E-state index contributed by atoms with van der Waals surface area (Å²) in [5, 5.41) is 3.30. The van der Waals surface area contributed by atoms with Crippen molar-refractivity contribution in [1.29, 1.82) is 0 Å². The molecule has 2 aromatic carbocycles. The van der Waals surface area contributed by atoms with Crippen LogP contribution in [-0.2, 0) is 14.6 Å². The maximum absolute atomic E-state index is 12.5. The Balaban J connectivity index is 2.41. The van der Waals surface area contributed by atoms with E-state index in [9.17, 15) is 13.2 Å². The van der Waals surface area contributed by atoms with Crippen LogP contribution in [0.4, 0.5) is 5.69 Å². The fraction of sp³-hybridized carbons (Fsp3) is 0. The number of hydrogen-bond acceptors (Lipinski definition) is 6. The lowest BCUT2D eigenvalue weighted by atomic mass is 10.3.